The molecule has 0 atom stereocenters. The van der Waals surface area contributed by atoms with Crippen LogP contribution in [0.3, 0.4) is 0 Å². The van der Waals surface area contributed by atoms with Gasteiger partial charge in [0.25, 0.3) is 0 Å². The molecule has 0 aliphatic rings. The fourth-order valence-corrected chi connectivity index (χ4v) is 8.04. The first kappa shape index (κ1) is 63.5. The summed E-state index contributed by atoms with van der Waals surface area (Å²) in [4.78, 5) is 22.9. The van der Waals surface area contributed by atoms with Gasteiger partial charge in [-0.15, -0.1) is 0 Å². The molecular weight excluding hydrogens is 1020 g/mol. The van der Waals surface area contributed by atoms with E-state index < -0.39 is 0 Å². The Labute approximate surface area is 463 Å². The summed E-state index contributed by atoms with van der Waals surface area (Å²) in [5, 5.41) is 16.9. The maximum absolute atomic E-state index is 7.13. The van der Waals surface area contributed by atoms with E-state index in [0.29, 0.717) is 0 Å². The first-order valence-electron chi connectivity index (χ1n) is 26.3. The van der Waals surface area contributed by atoms with E-state index in [2.05, 4.69) is 179 Å². The zero-order valence-electron chi connectivity index (χ0n) is 43.9. The number of aromatic nitrogens is 4. The average Bonchev–Trinajstić information content (AvgIpc) is 3.42. The van der Waals surface area contributed by atoms with Crippen LogP contribution in [0.4, 0.5) is 11.4 Å². The molecule has 8 nitrogen and oxygen atoms in total. The minimum absolute atomic E-state index is 0. The third-order valence-corrected chi connectivity index (χ3v) is 12.0. The van der Waals surface area contributed by atoms with Crippen molar-refractivity contribution >= 4 is 70.4 Å². The van der Waals surface area contributed by atoms with Gasteiger partial charge in [-0.2, -0.15) is 10.3 Å². The Bertz CT molecular complexity index is 2240. The van der Waals surface area contributed by atoms with Crippen LogP contribution in [0.15, 0.2) is 134 Å². The second kappa shape index (κ2) is 41.8. The molecule has 6 aromatic rings. The number of unbranched alkanes of at least 4 members (excludes halogenated alkanes) is 12. The van der Waals surface area contributed by atoms with E-state index in [4.69, 9.17) is 10.8 Å². The van der Waals surface area contributed by atoms with E-state index in [-0.39, 0.29) is 19.5 Å². The Morgan fingerprint density at radius 3 is 0.973 bits per heavy atom. The summed E-state index contributed by atoms with van der Waals surface area (Å²) >= 11 is 7.40. The summed E-state index contributed by atoms with van der Waals surface area (Å²) in [6.07, 6.45) is 36.9. The molecule has 0 N–H and O–H groups in total. The van der Waals surface area contributed by atoms with Crippen LogP contribution in [0, 0.1) is 0 Å². The summed E-state index contributed by atoms with van der Waals surface area (Å²) in [5.74, 6) is 0. The second-order valence-electron chi connectivity index (χ2n) is 17.6. The van der Waals surface area contributed by atoms with Crippen LogP contribution in [0.2, 0.25) is 0 Å². The molecule has 73 heavy (non-hydrogen) atoms. The normalized spacial score (nSPS) is 10.4. The van der Waals surface area contributed by atoms with Crippen molar-refractivity contribution < 1.29 is 19.5 Å². The Morgan fingerprint density at radius 2 is 0.685 bits per heavy atom. The van der Waals surface area contributed by atoms with Crippen molar-refractivity contribution in [1.29, 1.82) is 0 Å². The molecule has 4 aromatic heterocycles. The molecule has 0 saturated carbocycles. The van der Waals surface area contributed by atoms with Gasteiger partial charge in [-0.1, -0.05) is 190 Å². The molecule has 0 saturated heterocycles. The van der Waals surface area contributed by atoms with E-state index in [9.17, 15) is 0 Å². The summed E-state index contributed by atoms with van der Waals surface area (Å²) in [6, 6.07) is 38.2. The molecule has 11 heteroatoms. The van der Waals surface area contributed by atoms with Crippen molar-refractivity contribution in [3.63, 3.8) is 0 Å². The van der Waals surface area contributed by atoms with E-state index >= 15 is 0 Å². The van der Waals surface area contributed by atoms with Gasteiger partial charge in [-0.3, -0.25) is 19.9 Å². The van der Waals surface area contributed by atoms with Crippen molar-refractivity contribution in [2.24, 2.45) is 0 Å². The molecule has 2 aromatic carbocycles. The van der Waals surface area contributed by atoms with Crippen LogP contribution < -0.4 is 9.80 Å². The average molecular weight is 1100 g/mol. The van der Waals surface area contributed by atoms with Crippen molar-refractivity contribution in [3.8, 4) is 22.8 Å². The molecule has 386 valence electrons. The number of nitrogens with zero attached hydrogens (tertiary/aromatic N) is 8. The van der Waals surface area contributed by atoms with Gasteiger partial charge < -0.3 is 20.6 Å². The number of rotatable bonds is 28. The molecule has 0 spiro atoms. The van der Waals surface area contributed by atoms with Gasteiger partial charge in [0, 0.05) is 62.3 Å². The van der Waals surface area contributed by atoms with Crippen molar-refractivity contribution in [2.45, 2.75) is 130 Å². The Kier molecular flexibility index (Phi) is 36.3. The third-order valence-electron chi connectivity index (χ3n) is 12.0. The summed E-state index contributed by atoms with van der Waals surface area (Å²) in [6.45, 7) is 13.7. The number of anilines is 2. The first-order valence-corrected chi connectivity index (χ1v) is 27.1. The Morgan fingerprint density at radius 1 is 0.384 bits per heavy atom. The van der Waals surface area contributed by atoms with Gasteiger partial charge >= 0.3 is 19.5 Å². The molecular formula is C62H78N8RuS2. The topological polar surface area (TPSA) is 103 Å². The minimum atomic E-state index is 0. The van der Waals surface area contributed by atoms with Crippen LogP contribution in [0.25, 0.3) is 57.9 Å². The maximum atomic E-state index is 7.13. The molecule has 0 radical (unpaired) electrons. The molecule has 0 aliphatic carbocycles. The van der Waals surface area contributed by atoms with Crippen LogP contribution in [-0.4, -0.2) is 56.4 Å². The number of hydrogen-bond acceptors (Lipinski definition) is 8. The van der Waals surface area contributed by atoms with Gasteiger partial charge in [0.1, 0.15) is 0 Å². The Hall–Kier alpha value is -5.66. The SMILES string of the molecule is CCCCCCN(CCCCCC)c1ccc(/C=C/c2ccnc(-c3cc(/C=C/c4ccc(N(CCCCCC)CCCCCC)cc4)ccn3)c2)cc1.[N-]=C=S.[N-]=C=S.[Ru+2].c1ccc(-c2ccccn2)nc1. The fraction of sp³-hybridized carbons (Fsp3) is 0.387. The monoisotopic (exact) mass is 1100 g/mol. The minimum Gasteiger partial charge on any atom is -0.753 e. The number of isothiocyanates is 2. The summed E-state index contributed by atoms with van der Waals surface area (Å²) in [7, 11) is 0. The van der Waals surface area contributed by atoms with E-state index in [1.807, 2.05) is 48.8 Å². The first-order chi connectivity index (χ1) is 35.4. The summed E-state index contributed by atoms with van der Waals surface area (Å²) in [5.41, 5.74) is 10.9. The van der Waals surface area contributed by atoms with Crippen molar-refractivity contribution in [1.82, 2.24) is 19.9 Å². The third kappa shape index (κ3) is 27.3. The van der Waals surface area contributed by atoms with Crippen molar-refractivity contribution in [2.75, 3.05) is 36.0 Å². The van der Waals surface area contributed by atoms with Gasteiger partial charge in [-0.05, 0) is 121 Å². The molecule has 0 aliphatic heterocycles. The predicted octanol–water partition coefficient (Wildman–Crippen LogP) is 17.9. The predicted molar refractivity (Wildman–Crippen MR) is 319 cm³/mol. The Balaban J connectivity index is 0.000000807. The molecule has 0 bridgehead atoms. The van der Waals surface area contributed by atoms with Crippen LogP contribution in [0.5, 0.6) is 0 Å². The fourth-order valence-electron chi connectivity index (χ4n) is 8.04. The molecule has 0 unspecified atom stereocenters. The summed E-state index contributed by atoms with van der Waals surface area (Å²) < 4.78 is 0. The number of hydrogen-bond donors (Lipinski definition) is 0. The van der Waals surface area contributed by atoms with Gasteiger partial charge in [0.15, 0.2) is 0 Å². The zero-order chi connectivity index (χ0) is 51.7. The maximum Gasteiger partial charge on any atom is 2.00 e. The second-order valence-corrected chi connectivity index (χ2v) is 18.0. The van der Waals surface area contributed by atoms with Gasteiger partial charge in [0.05, 0.1) is 22.8 Å². The number of benzene rings is 2. The molecule has 0 amide bonds. The standard InChI is InChI=1S/C50H70N4.C10H8N2.2CNS.Ru/c1-5-9-13-17-37-53(38-18-14-10-6-2)47-29-25-43(26-30-47)21-23-45-33-35-51-49(41-45)50-42-46(34-36-52-50)24-22-44-27-31-48(32-28-44)54(39-19-15-11-7-3)40-20-16-12-8-4;1-3-7-11-9(5-1)10-6-2-4-8-12-10;2*2-1-3;/h21-36,41-42H,5-20,37-40H2,1-4H3;1-8H;;;/q;;2*-1;+2/b23-21+,24-22+;;;;. The van der Waals surface area contributed by atoms with E-state index in [1.54, 1.807) is 12.4 Å². The van der Waals surface area contributed by atoms with Crippen LogP contribution >= 0.6 is 24.4 Å². The number of thiocarbonyl (C=S) groups is 2. The zero-order valence-corrected chi connectivity index (χ0v) is 47.3. The molecule has 0 fully saturated rings. The molecule has 4 heterocycles. The van der Waals surface area contributed by atoms with Gasteiger partial charge in [0.2, 0.25) is 0 Å². The smallest absolute Gasteiger partial charge is 0.753 e. The van der Waals surface area contributed by atoms with Crippen molar-refractivity contribution in [3.05, 3.63) is 167 Å². The van der Waals surface area contributed by atoms with E-state index in [0.717, 1.165) is 60.1 Å². The van der Waals surface area contributed by atoms with E-state index in [1.165, 1.54) is 136 Å². The van der Waals surface area contributed by atoms with Crippen LogP contribution in [0.1, 0.15) is 153 Å². The largest absolute Gasteiger partial charge is 2.00 e. The number of pyridine rings is 4. The quantitative estimate of drug-likeness (QED) is 0.0207. The molecule has 6 rings (SSSR count). The van der Waals surface area contributed by atoms with Crippen LogP contribution in [-0.2, 0) is 19.5 Å². The van der Waals surface area contributed by atoms with Gasteiger partial charge in [-0.25, -0.2) is 0 Å².